The summed E-state index contributed by atoms with van der Waals surface area (Å²) in [7, 11) is 0. The van der Waals surface area contributed by atoms with E-state index in [2.05, 4.69) is 0 Å². The van der Waals surface area contributed by atoms with Crippen molar-refractivity contribution in [2.45, 2.75) is 18.8 Å². The average Bonchev–Trinajstić information content (AvgIpc) is 3.26. The topological polar surface area (TPSA) is 51.9 Å². The number of amides is 1. The Morgan fingerprint density at radius 3 is 2.87 bits per heavy atom. The highest BCUT2D eigenvalue weighted by Gasteiger charge is 2.29. The molecule has 1 aromatic carbocycles. The first kappa shape index (κ1) is 14.2. The molecular weight excluding hydrogens is 294 g/mol. The van der Waals surface area contributed by atoms with Crippen LogP contribution >= 0.6 is 0 Å². The predicted octanol–water partition coefficient (Wildman–Crippen LogP) is 2.61. The molecule has 1 saturated heterocycles. The van der Waals surface area contributed by atoms with E-state index in [1.807, 2.05) is 35.2 Å². The van der Waals surface area contributed by atoms with Crippen LogP contribution in [0.3, 0.4) is 0 Å². The second-order valence-electron chi connectivity index (χ2n) is 6.00. The van der Waals surface area contributed by atoms with Crippen molar-refractivity contribution in [1.29, 1.82) is 0 Å². The first-order valence-electron chi connectivity index (χ1n) is 7.99. The average molecular weight is 313 g/mol. The SMILES string of the molecule is O=C(Cc1ccc2c(c1)OCCO2)N1CCC(c2ccco2)C1. The van der Waals surface area contributed by atoms with Gasteiger partial charge in [0.2, 0.25) is 5.91 Å². The Kier molecular flexibility index (Phi) is 3.69. The second-order valence-corrected chi connectivity index (χ2v) is 6.00. The standard InChI is InChI=1S/C18H19NO4/c20-18(19-6-5-14(12-19)15-2-1-7-21-15)11-13-3-4-16-17(10-13)23-9-8-22-16/h1-4,7,10,14H,5-6,8-9,11-12H2. The molecule has 0 bridgehead atoms. The van der Waals surface area contributed by atoms with Crippen LogP contribution < -0.4 is 9.47 Å². The van der Waals surface area contributed by atoms with Gasteiger partial charge >= 0.3 is 0 Å². The van der Waals surface area contributed by atoms with Gasteiger partial charge in [-0.05, 0) is 36.2 Å². The zero-order chi connectivity index (χ0) is 15.6. The molecule has 2 aliphatic rings. The Bertz CT molecular complexity index is 695. The normalized spacial score (nSPS) is 19.8. The van der Waals surface area contributed by atoms with Crippen LogP contribution in [0.1, 0.15) is 23.7 Å². The number of benzene rings is 1. The number of furan rings is 1. The summed E-state index contributed by atoms with van der Waals surface area (Å²) >= 11 is 0. The van der Waals surface area contributed by atoms with Gasteiger partial charge in [0, 0.05) is 19.0 Å². The first-order valence-corrected chi connectivity index (χ1v) is 7.99. The molecule has 3 heterocycles. The molecule has 1 fully saturated rings. The predicted molar refractivity (Wildman–Crippen MR) is 83.8 cm³/mol. The zero-order valence-electron chi connectivity index (χ0n) is 12.9. The molecule has 0 N–H and O–H groups in total. The monoisotopic (exact) mass is 313 g/mol. The Labute approximate surface area is 134 Å². The molecule has 0 spiro atoms. The Balaban J connectivity index is 1.40. The number of rotatable bonds is 3. The molecule has 0 aliphatic carbocycles. The number of carbonyl (C=O) groups is 1. The van der Waals surface area contributed by atoms with E-state index in [0.29, 0.717) is 25.6 Å². The quantitative estimate of drug-likeness (QED) is 0.874. The lowest BCUT2D eigenvalue weighted by Gasteiger charge is -2.20. The molecular formula is C18H19NO4. The summed E-state index contributed by atoms with van der Waals surface area (Å²) < 4.78 is 16.5. The van der Waals surface area contributed by atoms with Crippen LogP contribution in [0.4, 0.5) is 0 Å². The Hall–Kier alpha value is -2.43. The number of hydrogen-bond acceptors (Lipinski definition) is 4. The number of fused-ring (bicyclic) bond motifs is 1. The van der Waals surface area contributed by atoms with Crippen LogP contribution in [0.25, 0.3) is 0 Å². The zero-order valence-corrected chi connectivity index (χ0v) is 12.9. The van der Waals surface area contributed by atoms with E-state index in [1.165, 1.54) is 0 Å². The van der Waals surface area contributed by atoms with Gasteiger partial charge in [-0.1, -0.05) is 6.07 Å². The number of hydrogen-bond donors (Lipinski definition) is 0. The van der Waals surface area contributed by atoms with Gasteiger partial charge in [0.25, 0.3) is 0 Å². The molecule has 5 nitrogen and oxygen atoms in total. The van der Waals surface area contributed by atoms with Crippen LogP contribution in [0, 0.1) is 0 Å². The van der Waals surface area contributed by atoms with E-state index in [-0.39, 0.29) is 5.91 Å². The molecule has 23 heavy (non-hydrogen) atoms. The third kappa shape index (κ3) is 2.91. The van der Waals surface area contributed by atoms with Crippen LogP contribution in [0.2, 0.25) is 0 Å². The maximum atomic E-state index is 12.5. The van der Waals surface area contributed by atoms with E-state index < -0.39 is 0 Å². The van der Waals surface area contributed by atoms with Crippen molar-refractivity contribution in [3.05, 3.63) is 47.9 Å². The minimum atomic E-state index is 0.149. The largest absolute Gasteiger partial charge is 0.486 e. The summed E-state index contributed by atoms with van der Waals surface area (Å²) in [5.41, 5.74) is 0.959. The van der Waals surface area contributed by atoms with Crippen molar-refractivity contribution < 1.29 is 18.7 Å². The molecule has 120 valence electrons. The van der Waals surface area contributed by atoms with Crippen molar-refractivity contribution in [1.82, 2.24) is 4.90 Å². The fourth-order valence-corrected chi connectivity index (χ4v) is 3.23. The van der Waals surface area contributed by atoms with Crippen LogP contribution in [-0.4, -0.2) is 37.1 Å². The van der Waals surface area contributed by atoms with Crippen molar-refractivity contribution >= 4 is 5.91 Å². The molecule has 2 aromatic rings. The molecule has 1 atom stereocenters. The highest BCUT2D eigenvalue weighted by atomic mass is 16.6. The summed E-state index contributed by atoms with van der Waals surface area (Å²) in [6, 6.07) is 9.61. The van der Waals surface area contributed by atoms with Gasteiger partial charge in [-0.2, -0.15) is 0 Å². The van der Waals surface area contributed by atoms with E-state index in [4.69, 9.17) is 13.9 Å². The lowest BCUT2D eigenvalue weighted by Crippen LogP contribution is -2.29. The molecule has 5 heteroatoms. The van der Waals surface area contributed by atoms with Gasteiger partial charge in [0.05, 0.1) is 12.7 Å². The molecule has 2 aliphatic heterocycles. The van der Waals surface area contributed by atoms with Gasteiger partial charge in [0.1, 0.15) is 19.0 Å². The molecule has 0 radical (unpaired) electrons. The molecule has 1 unspecified atom stereocenters. The van der Waals surface area contributed by atoms with Gasteiger partial charge in [-0.3, -0.25) is 4.79 Å². The molecule has 1 amide bonds. The maximum absolute atomic E-state index is 12.5. The molecule has 4 rings (SSSR count). The first-order chi connectivity index (χ1) is 11.3. The van der Waals surface area contributed by atoms with E-state index in [0.717, 1.165) is 42.3 Å². The summed E-state index contributed by atoms with van der Waals surface area (Å²) in [4.78, 5) is 14.4. The number of ether oxygens (including phenoxy) is 2. The molecule has 1 aromatic heterocycles. The van der Waals surface area contributed by atoms with E-state index in [9.17, 15) is 4.79 Å². The second kappa shape index (κ2) is 5.99. The van der Waals surface area contributed by atoms with E-state index in [1.54, 1.807) is 6.26 Å². The molecule has 0 saturated carbocycles. The van der Waals surface area contributed by atoms with Crippen molar-refractivity contribution in [3.8, 4) is 11.5 Å². The van der Waals surface area contributed by atoms with Crippen molar-refractivity contribution in [3.63, 3.8) is 0 Å². The minimum absolute atomic E-state index is 0.149. The summed E-state index contributed by atoms with van der Waals surface area (Å²) in [5, 5.41) is 0. The van der Waals surface area contributed by atoms with Crippen LogP contribution in [0.5, 0.6) is 11.5 Å². The van der Waals surface area contributed by atoms with Gasteiger partial charge in [-0.15, -0.1) is 0 Å². The van der Waals surface area contributed by atoms with Crippen LogP contribution in [-0.2, 0) is 11.2 Å². The van der Waals surface area contributed by atoms with Crippen molar-refractivity contribution in [2.75, 3.05) is 26.3 Å². The van der Waals surface area contributed by atoms with Crippen LogP contribution in [0.15, 0.2) is 41.0 Å². The fraction of sp³-hybridized carbons (Fsp3) is 0.389. The number of carbonyl (C=O) groups excluding carboxylic acids is 1. The fourth-order valence-electron chi connectivity index (χ4n) is 3.23. The highest BCUT2D eigenvalue weighted by molar-refractivity contribution is 5.79. The van der Waals surface area contributed by atoms with Gasteiger partial charge < -0.3 is 18.8 Å². The third-order valence-corrected chi connectivity index (χ3v) is 4.45. The third-order valence-electron chi connectivity index (χ3n) is 4.45. The lowest BCUT2D eigenvalue weighted by molar-refractivity contribution is -0.129. The maximum Gasteiger partial charge on any atom is 0.227 e. The number of nitrogens with zero attached hydrogens (tertiary/aromatic N) is 1. The smallest absolute Gasteiger partial charge is 0.227 e. The minimum Gasteiger partial charge on any atom is -0.486 e. The summed E-state index contributed by atoms with van der Waals surface area (Å²) in [5.74, 6) is 2.92. The summed E-state index contributed by atoms with van der Waals surface area (Å²) in [6.45, 7) is 2.65. The summed E-state index contributed by atoms with van der Waals surface area (Å²) in [6.07, 6.45) is 3.04. The van der Waals surface area contributed by atoms with Crippen molar-refractivity contribution in [2.24, 2.45) is 0 Å². The highest BCUT2D eigenvalue weighted by Crippen LogP contribution is 2.32. The lowest BCUT2D eigenvalue weighted by atomic mass is 10.1. The van der Waals surface area contributed by atoms with Gasteiger partial charge in [0.15, 0.2) is 11.5 Å². The Morgan fingerprint density at radius 2 is 2.04 bits per heavy atom. The Morgan fingerprint density at radius 1 is 1.17 bits per heavy atom. The van der Waals surface area contributed by atoms with Gasteiger partial charge in [-0.25, -0.2) is 0 Å². The van der Waals surface area contributed by atoms with E-state index >= 15 is 0 Å². The number of likely N-dealkylation sites (tertiary alicyclic amines) is 1.